The molecule has 18 heavy (non-hydrogen) atoms. The van der Waals surface area contributed by atoms with Gasteiger partial charge in [-0.2, -0.15) is 0 Å². The Morgan fingerprint density at radius 3 is 2.89 bits per heavy atom. The maximum Gasteiger partial charge on any atom is 0.0950 e. The summed E-state index contributed by atoms with van der Waals surface area (Å²) in [5, 5.41) is 3.62. The van der Waals surface area contributed by atoms with Crippen molar-refractivity contribution in [2.45, 2.75) is 44.7 Å². The molecule has 0 spiro atoms. The maximum atomic E-state index is 5.23. The molecule has 1 saturated heterocycles. The Morgan fingerprint density at radius 2 is 2.28 bits per heavy atom. The molecule has 2 atom stereocenters. The molecule has 1 aliphatic carbocycles. The van der Waals surface area contributed by atoms with E-state index >= 15 is 0 Å². The van der Waals surface area contributed by atoms with E-state index in [0.717, 1.165) is 5.92 Å². The van der Waals surface area contributed by atoms with Gasteiger partial charge in [0.1, 0.15) is 0 Å². The first-order valence-electron chi connectivity index (χ1n) is 7.32. The van der Waals surface area contributed by atoms with Gasteiger partial charge in [0.2, 0.25) is 0 Å². The van der Waals surface area contributed by atoms with Crippen LogP contribution in [0.25, 0.3) is 0 Å². The van der Waals surface area contributed by atoms with E-state index in [0.29, 0.717) is 12.1 Å². The Balaban J connectivity index is 1.63. The zero-order chi connectivity index (χ0) is 12.4. The minimum atomic E-state index is 0.478. The van der Waals surface area contributed by atoms with E-state index in [4.69, 9.17) is 4.42 Å². The van der Waals surface area contributed by atoms with Crippen LogP contribution in [0, 0.1) is 5.92 Å². The molecule has 2 aliphatic rings. The highest BCUT2D eigenvalue weighted by molar-refractivity contribution is 5.11. The van der Waals surface area contributed by atoms with Crippen LogP contribution < -0.4 is 5.32 Å². The Kier molecular flexibility index (Phi) is 3.71. The molecular formula is C15H24N2O. The van der Waals surface area contributed by atoms with Crippen molar-refractivity contribution in [1.82, 2.24) is 10.2 Å². The Morgan fingerprint density at radius 1 is 1.39 bits per heavy atom. The monoisotopic (exact) mass is 248 g/mol. The van der Waals surface area contributed by atoms with E-state index in [2.05, 4.69) is 23.2 Å². The summed E-state index contributed by atoms with van der Waals surface area (Å²) >= 11 is 0. The Hall–Kier alpha value is -0.800. The summed E-state index contributed by atoms with van der Waals surface area (Å²) in [5.74, 6) is 0.945. The van der Waals surface area contributed by atoms with Gasteiger partial charge in [0.25, 0.3) is 0 Å². The number of furan rings is 1. The summed E-state index contributed by atoms with van der Waals surface area (Å²) in [4.78, 5) is 2.64. The zero-order valence-electron chi connectivity index (χ0n) is 11.3. The zero-order valence-corrected chi connectivity index (χ0v) is 11.3. The third-order valence-electron chi connectivity index (χ3n) is 4.38. The van der Waals surface area contributed by atoms with Gasteiger partial charge in [-0.1, -0.05) is 0 Å². The predicted molar refractivity (Wildman–Crippen MR) is 72.4 cm³/mol. The summed E-state index contributed by atoms with van der Waals surface area (Å²) in [6, 6.07) is 3.27. The fraction of sp³-hybridized carbons (Fsp3) is 0.733. The maximum absolute atomic E-state index is 5.23. The summed E-state index contributed by atoms with van der Waals surface area (Å²) in [5.41, 5.74) is 1.31. The van der Waals surface area contributed by atoms with Crippen LogP contribution in [-0.4, -0.2) is 30.6 Å². The number of hydrogen-bond donors (Lipinski definition) is 1. The van der Waals surface area contributed by atoms with Crippen molar-refractivity contribution in [3.63, 3.8) is 0 Å². The number of hydrogen-bond acceptors (Lipinski definition) is 3. The Labute approximate surface area is 110 Å². The molecule has 2 unspecified atom stereocenters. The van der Waals surface area contributed by atoms with Gasteiger partial charge in [0, 0.05) is 30.7 Å². The van der Waals surface area contributed by atoms with E-state index in [-0.39, 0.29) is 0 Å². The molecule has 1 saturated carbocycles. The normalized spacial score (nSPS) is 25.8. The lowest BCUT2D eigenvalue weighted by Gasteiger charge is -2.31. The molecule has 2 fully saturated rings. The summed E-state index contributed by atoms with van der Waals surface area (Å²) in [6.45, 7) is 5.94. The van der Waals surface area contributed by atoms with Crippen LogP contribution in [0.3, 0.4) is 0 Å². The summed E-state index contributed by atoms with van der Waals surface area (Å²) < 4.78 is 5.23. The second kappa shape index (κ2) is 5.45. The van der Waals surface area contributed by atoms with Gasteiger partial charge >= 0.3 is 0 Å². The molecular weight excluding hydrogens is 224 g/mol. The van der Waals surface area contributed by atoms with Crippen molar-refractivity contribution in [2.24, 2.45) is 5.92 Å². The van der Waals surface area contributed by atoms with E-state index < -0.39 is 0 Å². The molecule has 100 valence electrons. The standard InChI is InChI=1S/C15H24N2O/c1-12(14-6-8-18-11-14)17(9-13-4-5-13)10-15-3-2-7-16-15/h6,8,11-13,15-16H,2-5,7,9-10H2,1H3. The topological polar surface area (TPSA) is 28.4 Å². The molecule has 1 aromatic rings. The molecule has 0 bridgehead atoms. The van der Waals surface area contributed by atoms with Gasteiger partial charge in [-0.15, -0.1) is 0 Å². The molecule has 3 nitrogen and oxygen atoms in total. The van der Waals surface area contributed by atoms with Crippen LogP contribution in [0.15, 0.2) is 23.0 Å². The van der Waals surface area contributed by atoms with Crippen LogP contribution >= 0.6 is 0 Å². The smallest absolute Gasteiger partial charge is 0.0950 e. The molecule has 1 N–H and O–H groups in total. The lowest BCUT2D eigenvalue weighted by Crippen LogP contribution is -2.39. The first kappa shape index (κ1) is 12.2. The SMILES string of the molecule is CC(c1ccoc1)N(CC1CC1)CC1CCCN1. The molecule has 0 aromatic carbocycles. The first-order valence-corrected chi connectivity index (χ1v) is 7.32. The van der Waals surface area contributed by atoms with Crippen molar-refractivity contribution >= 4 is 0 Å². The molecule has 1 aliphatic heterocycles. The van der Waals surface area contributed by atoms with Crippen molar-refractivity contribution in [3.8, 4) is 0 Å². The first-order chi connectivity index (χ1) is 8.83. The average molecular weight is 248 g/mol. The molecule has 3 rings (SSSR count). The highest BCUT2D eigenvalue weighted by Crippen LogP contribution is 2.33. The average Bonchev–Trinajstić information content (AvgIpc) is 2.88. The number of nitrogens with zero attached hydrogens (tertiary/aromatic N) is 1. The van der Waals surface area contributed by atoms with Gasteiger partial charge in [0.05, 0.1) is 12.5 Å². The molecule has 0 amide bonds. The molecule has 3 heteroatoms. The highest BCUT2D eigenvalue weighted by Gasteiger charge is 2.29. The molecule has 1 aromatic heterocycles. The highest BCUT2D eigenvalue weighted by atomic mass is 16.3. The third-order valence-corrected chi connectivity index (χ3v) is 4.38. The summed E-state index contributed by atoms with van der Waals surface area (Å²) in [6.07, 6.45) is 9.20. The Bertz CT molecular complexity index is 353. The summed E-state index contributed by atoms with van der Waals surface area (Å²) in [7, 11) is 0. The van der Waals surface area contributed by atoms with Crippen LogP contribution in [0.5, 0.6) is 0 Å². The van der Waals surface area contributed by atoms with E-state index in [1.807, 2.05) is 6.26 Å². The lowest BCUT2D eigenvalue weighted by atomic mass is 10.1. The number of rotatable bonds is 6. The fourth-order valence-electron chi connectivity index (χ4n) is 2.94. The van der Waals surface area contributed by atoms with Crippen molar-refractivity contribution in [3.05, 3.63) is 24.2 Å². The van der Waals surface area contributed by atoms with Crippen LogP contribution in [0.2, 0.25) is 0 Å². The fourth-order valence-corrected chi connectivity index (χ4v) is 2.94. The van der Waals surface area contributed by atoms with Crippen molar-refractivity contribution in [2.75, 3.05) is 19.6 Å². The van der Waals surface area contributed by atoms with E-state index in [1.165, 1.54) is 50.9 Å². The van der Waals surface area contributed by atoms with E-state index in [9.17, 15) is 0 Å². The lowest BCUT2D eigenvalue weighted by molar-refractivity contribution is 0.183. The number of nitrogens with one attached hydrogen (secondary N) is 1. The second-order valence-electron chi connectivity index (χ2n) is 5.92. The minimum Gasteiger partial charge on any atom is -0.472 e. The van der Waals surface area contributed by atoms with Gasteiger partial charge in [-0.3, -0.25) is 4.90 Å². The molecule has 0 radical (unpaired) electrons. The van der Waals surface area contributed by atoms with Crippen LogP contribution in [0.1, 0.15) is 44.2 Å². The molecule has 2 heterocycles. The van der Waals surface area contributed by atoms with E-state index in [1.54, 1.807) is 6.26 Å². The van der Waals surface area contributed by atoms with Gasteiger partial charge in [0.15, 0.2) is 0 Å². The van der Waals surface area contributed by atoms with Gasteiger partial charge in [-0.05, 0) is 51.1 Å². The largest absolute Gasteiger partial charge is 0.472 e. The quantitative estimate of drug-likeness (QED) is 0.839. The second-order valence-corrected chi connectivity index (χ2v) is 5.92. The third kappa shape index (κ3) is 2.96. The van der Waals surface area contributed by atoms with Crippen molar-refractivity contribution < 1.29 is 4.42 Å². The van der Waals surface area contributed by atoms with Gasteiger partial charge < -0.3 is 9.73 Å². The predicted octanol–water partition coefficient (Wildman–Crippen LogP) is 2.80. The van der Waals surface area contributed by atoms with Gasteiger partial charge in [-0.25, -0.2) is 0 Å². The minimum absolute atomic E-state index is 0.478. The van der Waals surface area contributed by atoms with Crippen molar-refractivity contribution in [1.29, 1.82) is 0 Å². The van der Waals surface area contributed by atoms with Crippen LogP contribution in [-0.2, 0) is 0 Å². The van der Waals surface area contributed by atoms with Crippen LogP contribution in [0.4, 0.5) is 0 Å².